The fourth-order valence-electron chi connectivity index (χ4n) is 2.69. The number of nitrogens with one attached hydrogen (secondary N) is 2. The monoisotopic (exact) mass is 334 g/mol. The Kier molecular flexibility index (Phi) is 4.38. The second-order valence-electron chi connectivity index (χ2n) is 5.58. The molecule has 122 valence electrons. The first-order valence-electron chi connectivity index (χ1n) is 7.39. The lowest BCUT2D eigenvalue weighted by Crippen LogP contribution is -2.44. The molecule has 1 saturated heterocycles. The quantitative estimate of drug-likeness (QED) is 0.893. The molecule has 2 heterocycles. The average molecular weight is 334 g/mol. The molecule has 0 bridgehead atoms. The third kappa shape index (κ3) is 3.92. The molecule has 0 spiro atoms. The van der Waals surface area contributed by atoms with Gasteiger partial charge in [-0.25, -0.2) is 13.2 Å². The molecule has 2 amide bonds. The number of urea groups is 1. The SMILES string of the molecule is O=C(N[C@@H]1CCS(=O)(=O)C1)N[C@@H](c1ccccc1)c1ccco1. The Morgan fingerprint density at radius 1 is 1.17 bits per heavy atom. The van der Waals surface area contributed by atoms with Crippen LogP contribution in [0.4, 0.5) is 4.79 Å². The first kappa shape index (κ1) is 15.6. The van der Waals surface area contributed by atoms with Gasteiger partial charge in [0.15, 0.2) is 9.84 Å². The van der Waals surface area contributed by atoms with Crippen LogP contribution in [0.1, 0.15) is 23.8 Å². The van der Waals surface area contributed by atoms with Crippen molar-refractivity contribution in [1.29, 1.82) is 0 Å². The van der Waals surface area contributed by atoms with E-state index in [1.54, 1.807) is 18.4 Å². The number of carbonyl (C=O) groups is 1. The van der Waals surface area contributed by atoms with Gasteiger partial charge in [0.05, 0.1) is 17.8 Å². The standard InChI is InChI=1S/C16H18N2O4S/c19-16(17-13-8-10-23(20,21)11-13)18-15(14-7-4-9-22-14)12-5-2-1-3-6-12/h1-7,9,13,15H,8,10-11H2,(H2,17,18,19)/t13-,15+/m1/s1. The molecule has 1 aliphatic rings. The van der Waals surface area contributed by atoms with Gasteiger partial charge in [0, 0.05) is 6.04 Å². The molecule has 7 heteroatoms. The molecular formula is C16H18N2O4S. The van der Waals surface area contributed by atoms with E-state index in [1.807, 2.05) is 30.3 Å². The largest absolute Gasteiger partial charge is 0.467 e. The summed E-state index contributed by atoms with van der Waals surface area (Å²) in [6, 6.07) is 11.8. The number of amides is 2. The highest BCUT2D eigenvalue weighted by Crippen LogP contribution is 2.22. The van der Waals surface area contributed by atoms with Gasteiger partial charge in [-0.15, -0.1) is 0 Å². The van der Waals surface area contributed by atoms with E-state index in [9.17, 15) is 13.2 Å². The highest BCUT2D eigenvalue weighted by atomic mass is 32.2. The summed E-state index contributed by atoms with van der Waals surface area (Å²) >= 11 is 0. The van der Waals surface area contributed by atoms with Crippen molar-refractivity contribution in [2.45, 2.75) is 18.5 Å². The molecule has 0 saturated carbocycles. The van der Waals surface area contributed by atoms with Crippen molar-refractivity contribution >= 4 is 15.9 Å². The molecule has 2 atom stereocenters. The summed E-state index contributed by atoms with van der Waals surface area (Å²) in [6.45, 7) is 0. The van der Waals surface area contributed by atoms with Gasteiger partial charge in [-0.3, -0.25) is 0 Å². The van der Waals surface area contributed by atoms with Crippen LogP contribution in [0.15, 0.2) is 53.1 Å². The number of carbonyl (C=O) groups excluding carboxylic acids is 1. The van der Waals surface area contributed by atoms with E-state index in [1.165, 1.54) is 0 Å². The van der Waals surface area contributed by atoms with Crippen LogP contribution in [0.3, 0.4) is 0 Å². The Labute approximate surface area is 134 Å². The lowest BCUT2D eigenvalue weighted by Gasteiger charge is -2.19. The zero-order valence-corrected chi connectivity index (χ0v) is 13.3. The summed E-state index contributed by atoms with van der Waals surface area (Å²) in [5.74, 6) is 0.737. The number of benzene rings is 1. The number of hydrogen-bond acceptors (Lipinski definition) is 4. The molecule has 0 radical (unpaired) electrons. The average Bonchev–Trinajstić information content (AvgIpc) is 3.15. The van der Waals surface area contributed by atoms with Crippen LogP contribution in [0.2, 0.25) is 0 Å². The van der Waals surface area contributed by atoms with E-state index < -0.39 is 21.9 Å². The first-order chi connectivity index (χ1) is 11.0. The van der Waals surface area contributed by atoms with Crippen LogP contribution in [-0.2, 0) is 9.84 Å². The Bertz CT molecular complexity index is 757. The van der Waals surface area contributed by atoms with Gasteiger partial charge in [-0.1, -0.05) is 30.3 Å². The minimum Gasteiger partial charge on any atom is -0.467 e. The molecule has 2 aromatic rings. The zero-order chi connectivity index (χ0) is 16.3. The summed E-state index contributed by atoms with van der Waals surface area (Å²) in [4.78, 5) is 12.2. The summed E-state index contributed by atoms with van der Waals surface area (Å²) in [6.07, 6.45) is 2.00. The second kappa shape index (κ2) is 6.45. The maximum Gasteiger partial charge on any atom is 0.315 e. The molecular weight excluding hydrogens is 316 g/mol. The van der Waals surface area contributed by atoms with Gasteiger partial charge < -0.3 is 15.1 Å². The van der Waals surface area contributed by atoms with Crippen molar-refractivity contribution in [3.05, 3.63) is 60.1 Å². The lowest BCUT2D eigenvalue weighted by atomic mass is 10.0. The Balaban J connectivity index is 1.71. The number of hydrogen-bond donors (Lipinski definition) is 2. The van der Waals surface area contributed by atoms with Gasteiger partial charge in [0.25, 0.3) is 0 Å². The summed E-state index contributed by atoms with van der Waals surface area (Å²) in [7, 11) is -3.03. The summed E-state index contributed by atoms with van der Waals surface area (Å²) in [5, 5.41) is 5.58. The van der Waals surface area contributed by atoms with E-state index in [4.69, 9.17) is 4.42 Å². The predicted octanol–water partition coefficient (Wildman–Crippen LogP) is 1.86. The predicted molar refractivity (Wildman–Crippen MR) is 85.7 cm³/mol. The Morgan fingerprint density at radius 3 is 2.57 bits per heavy atom. The van der Waals surface area contributed by atoms with Gasteiger partial charge in [0.2, 0.25) is 0 Å². The van der Waals surface area contributed by atoms with Crippen molar-refractivity contribution in [3.63, 3.8) is 0 Å². The minimum atomic E-state index is -3.03. The first-order valence-corrected chi connectivity index (χ1v) is 9.21. The van der Waals surface area contributed by atoms with Crippen molar-refractivity contribution in [2.24, 2.45) is 0 Å². The number of rotatable bonds is 4. The topological polar surface area (TPSA) is 88.4 Å². The van der Waals surface area contributed by atoms with Crippen LogP contribution in [0, 0.1) is 0 Å². The highest BCUT2D eigenvalue weighted by Gasteiger charge is 2.29. The lowest BCUT2D eigenvalue weighted by molar-refractivity contribution is 0.234. The third-order valence-corrected chi connectivity index (χ3v) is 5.57. The van der Waals surface area contributed by atoms with E-state index in [0.717, 1.165) is 5.56 Å². The van der Waals surface area contributed by atoms with Gasteiger partial charge in [0.1, 0.15) is 11.8 Å². The minimum absolute atomic E-state index is 0.00280. The zero-order valence-electron chi connectivity index (χ0n) is 12.4. The van der Waals surface area contributed by atoms with Gasteiger partial charge >= 0.3 is 6.03 Å². The second-order valence-corrected chi connectivity index (χ2v) is 7.81. The molecule has 23 heavy (non-hydrogen) atoms. The fraction of sp³-hybridized carbons (Fsp3) is 0.312. The van der Waals surface area contributed by atoms with Crippen LogP contribution in [-0.4, -0.2) is 32.0 Å². The van der Waals surface area contributed by atoms with E-state index in [-0.39, 0.29) is 17.5 Å². The molecule has 3 rings (SSSR count). The maximum atomic E-state index is 12.2. The van der Waals surface area contributed by atoms with E-state index >= 15 is 0 Å². The summed E-state index contributed by atoms with van der Waals surface area (Å²) < 4.78 is 28.3. The van der Waals surface area contributed by atoms with Crippen molar-refractivity contribution in [1.82, 2.24) is 10.6 Å². The Hall–Kier alpha value is -2.28. The molecule has 1 aromatic heterocycles. The van der Waals surface area contributed by atoms with Crippen LogP contribution >= 0.6 is 0 Å². The summed E-state index contributed by atoms with van der Waals surface area (Å²) in [5.41, 5.74) is 0.886. The molecule has 1 aromatic carbocycles. The highest BCUT2D eigenvalue weighted by molar-refractivity contribution is 7.91. The maximum absolute atomic E-state index is 12.2. The number of sulfone groups is 1. The molecule has 2 N–H and O–H groups in total. The van der Waals surface area contributed by atoms with E-state index in [2.05, 4.69) is 10.6 Å². The number of furan rings is 1. The smallest absolute Gasteiger partial charge is 0.315 e. The normalized spacial score (nSPS) is 20.8. The van der Waals surface area contributed by atoms with Crippen LogP contribution in [0.5, 0.6) is 0 Å². The van der Waals surface area contributed by atoms with Crippen LogP contribution in [0.25, 0.3) is 0 Å². The van der Waals surface area contributed by atoms with Crippen molar-refractivity contribution < 1.29 is 17.6 Å². The Morgan fingerprint density at radius 2 is 1.96 bits per heavy atom. The molecule has 1 fully saturated rings. The molecule has 0 aliphatic carbocycles. The third-order valence-electron chi connectivity index (χ3n) is 3.80. The van der Waals surface area contributed by atoms with Gasteiger partial charge in [-0.05, 0) is 24.1 Å². The van der Waals surface area contributed by atoms with E-state index in [0.29, 0.717) is 12.2 Å². The molecule has 6 nitrogen and oxygen atoms in total. The van der Waals surface area contributed by atoms with Crippen molar-refractivity contribution in [2.75, 3.05) is 11.5 Å². The molecule has 1 aliphatic heterocycles. The fourth-order valence-corrected chi connectivity index (χ4v) is 4.36. The van der Waals surface area contributed by atoms with Gasteiger partial charge in [-0.2, -0.15) is 0 Å². The van der Waals surface area contributed by atoms with Crippen LogP contribution < -0.4 is 10.6 Å². The molecule has 0 unspecified atom stereocenters. The van der Waals surface area contributed by atoms with Crippen molar-refractivity contribution in [3.8, 4) is 0 Å².